The van der Waals surface area contributed by atoms with Crippen molar-refractivity contribution in [3.05, 3.63) is 0 Å². The monoisotopic (exact) mass is 779 g/mol. The second-order valence-electron chi connectivity index (χ2n) is 17.3. The van der Waals surface area contributed by atoms with Gasteiger partial charge in [-0.1, -0.05) is 264 Å². The van der Waals surface area contributed by atoms with Crippen molar-refractivity contribution in [3.63, 3.8) is 0 Å². The van der Waals surface area contributed by atoms with Crippen molar-refractivity contribution < 1.29 is 24.2 Å². The first kappa shape index (κ1) is 53.9. The van der Waals surface area contributed by atoms with Gasteiger partial charge in [-0.3, -0.25) is 9.59 Å². The maximum Gasteiger partial charge on any atom is 0.306 e. The van der Waals surface area contributed by atoms with Crippen LogP contribution in [0.15, 0.2) is 0 Å². The fourth-order valence-electron chi connectivity index (χ4n) is 7.85. The highest BCUT2D eigenvalue weighted by Gasteiger charge is 2.16. The van der Waals surface area contributed by atoms with Crippen molar-refractivity contribution >= 4 is 11.9 Å². The minimum absolute atomic E-state index is 0.0583. The molecule has 0 saturated heterocycles. The number of hydrogen-bond donors (Lipinski definition) is 1. The molecule has 0 heterocycles. The van der Waals surface area contributed by atoms with E-state index in [0.29, 0.717) is 12.8 Å². The van der Waals surface area contributed by atoms with Gasteiger partial charge in [-0.25, -0.2) is 0 Å². The van der Waals surface area contributed by atoms with E-state index < -0.39 is 6.10 Å². The van der Waals surface area contributed by atoms with Gasteiger partial charge in [0, 0.05) is 12.8 Å². The Labute approximate surface area is 344 Å². The number of aliphatic hydroxyl groups is 1. The van der Waals surface area contributed by atoms with E-state index in [4.69, 9.17) is 9.47 Å². The van der Waals surface area contributed by atoms with Crippen LogP contribution in [0.2, 0.25) is 0 Å². The Morgan fingerprint density at radius 3 is 0.800 bits per heavy atom. The standard InChI is InChI=1S/C50H98O5/c1-3-5-7-9-11-12-13-14-15-16-17-18-19-20-21-22-23-24-25-26-27-28-29-30-31-32-33-34-35-36-37-39-41-43-45-50(53)55-48(46-51)47-54-49(52)44-42-40-38-10-8-6-4-2/h48,51H,3-47H2,1-2H3. The number of hydrogen-bond acceptors (Lipinski definition) is 5. The predicted octanol–water partition coefficient (Wildman–Crippen LogP) is 16.2. The van der Waals surface area contributed by atoms with E-state index in [1.165, 1.54) is 225 Å². The molecule has 0 saturated carbocycles. The van der Waals surface area contributed by atoms with E-state index in [-0.39, 0.29) is 25.2 Å². The van der Waals surface area contributed by atoms with Crippen LogP contribution in [-0.2, 0) is 19.1 Å². The van der Waals surface area contributed by atoms with Gasteiger partial charge in [0.05, 0.1) is 6.61 Å². The summed E-state index contributed by atoms with van der Waals surface area (Å²) < 4.78 is 10.6. The summed E-state index contributed by atoms with van der Waals surface area (Å²) in [6.07, 6.45) is 55.4. The van der Waals surface area contributed by atoms with Gasteiger partial charge in [0.15, 0.2) is 6.10 Å². The quantitative estimate of drug-likeness (QED) is 0.0492. The second-order valence-corrected chi connectivity index (χ2v) is 17.3. The average Bonchev–Trinajstić information content (AvgIpc) is 3.19. The molecule has 0 rings (SSSR count). The second kappa shape index (κ2) is 47.3. The Bertz CT molecular complexity index is 754. The Balaban J connectivity index is 3.30. The lowest BCUT2D eigenvalue weighted by Crippen LogP contribution is -2.28. The molecule has 0 fully saturated rings. The van der Waals surface area contributed by atoms with Crippen molar-refractivity contribution in [2.24, 2.45) is 0 Å². The van der Waals surface area contributed by atoms with Crippen LogP contribution in [0.5, 0.6) is 0 Å². The van der Waals surface area contributed by atoms with Gasteiger partial charge in [0.2, 0.25) is 0 Å². The topological polar surface area (TPSA) is 72.8 Å². The van der Waals surface area contributed by atoms with E-state index in [0.717, 1.165) is 38.5 Å². The smallest absolute Gasteiger partial charge is 0.306 e. The van der Waals surface area contributed by atoms with Crippen molar-refractivity contribution in [2.75, 3.05) is 13.2 Å². The van der Waals surface area contributed by atoms with E-state index in [9.17, 15) is 14.7 Å². The molecule has 0 aliphatic rings. The Morgan fingerprint density at radius 2 is 0.564 bits per heavy atom. The molecule has 1 N–H and O–H groups in total. The molecule has 0 aromatic carbocycles. The fraction of sp³-hybridized carbons (Fsp3) is 0.960. The molecule has 0 aliphatic carbocycles. The summed E-state index contributed by atoms with van der Waals surface area (Å²) >= 11 is 0. The molecule has 0 radical (unpaired) electrons. The summed E-state index contributed by atoms with van der Waals surface area (Å²) in [6, 6.07) is 0. The van der Waals surface area contributed by atoms with Crippen LogP contribution in [0.3, 0.4) is 0 Å². The average molecular weight is 779 g/mol. The molecule has 0 aromatic rings. The summed E-state index contributed by atoms with van der Waals surface area (Å²) in [7, 11) is 0. The maximum absolute atomic E-state index is 12.2. The van der Waals surface area contributed by atoms with Crippen molar-refractivity contribution in [3.8, 4) is 0 Å². The van der Waals surface area contributed by atoms with Crippen LogP contribution in [0.4, 0.5) is 0 Å². The molecule has 0 aromatic heterocycles. The highest BCUT2D eigenvalue weighted by Crippen LogP contribution is 2.18. The first-order valence-corrected chi connectivity index (χ1v) is 25.1. The number of carbonyl (C=O) groups is 2. The van der Waals surface area contributed by atoms with Gasteiger partial charge in [0.1, 0.15) is 6.61 Å². The molecular formula is C50H98O5. The molecule has 5 heteroatoms. The van der Waals surface area contributed by atoms with Gasteiger partial charge >= 0.3 is 11.9 Å². The third kappa shape index (κ3) is 45.5. The molecule has 0 spiro atoms. The highest BCUT2D eigenvalue weighted by atomic mass is 16.6. The first-order valence-electron chi connectivity index (χ1n) is 25.1. The van der Waals surface area contributed by atoms with E-state index >= 15 is 0 Å². The molecule has 0 aliphatic heterocycles. The van der Waals surface area contributed by atoms with Crippen LogP contribution in [0, 0.1) is 0 Å². The van der Waals surface area contributed by atoms with Gasteiger partial charge < -0.3 is 14.6 Å². The summed E-state index contributed by atoms with van der Waals surface area (Å²) in [4.78, 5) is 24.1. The third-order valence-electron chi connectivity index (χ3n) is 11.7. The Hall–Kier alpha value is -1.10. The zero-order valence-electron chi connectivity index (χ0n) is 37.5. The number of aliphatic hydroxyl groups excluding tert-OH is 1. The number of unbranched alkanes of at least 4 members (excludes halogenated alkanes) is 39. The number of ether oxygens (including phenoxy) is 2. The summed E-state index contributed by atoms with van der Waals surface area (Å²) in [5, 5.41) is 9.53. The zero-order valence-corrected chi connectivity index (χ0v) is 37.5. The van der Waals surface area contributed by atoms with Crippen LogP contribution >= 0.6 is 0 Å². The molecular weight excluding hydrogens is 681 g/mol. The fourth-order valence-corrected chi connectivity index (χ4v) is 7.85. The Morgan fingerprint density at radius 1 is 0.345 bits per heavy atom. The molecule has 0 bridgehead atoms. The van der Waals surface area contributed by atoms with Gasteiger partial charge in [0.25, 0.3) is 0 Å². The normalized spacial score (nSPS) is 12.0. The maximum atomic E-state index is 12.2. The van der Waals surface area contributed by atoms with E-state index in [1.54, 1.807) is 0 Å². The van der Waals surface area contributed by atoms with Crippen LogP contribution < -0.4 is 0 Å². The summed E-state index contributed by atoms with van der Waals surface area (Å²) in [6.45, 7) is 4.13. The molecule has 328 valence electrons. The van der Waals surface area contributed by atoms with Crippen LogP contribution in [0.25, 0.3) is 0 Å². The number of esters is 2. The largest absolute Gasteiger partial charge is 0.462 e. The van der Waals surface area contributed by atoms with Crippen molar-refractivity contribution in [1.29, 1.82) is 0 Å². The lowest BCUT2D eigenvalue weighted by molar-refractivity contribution is -0.161. The van der Waals surface area contributed by atoms with Gasteiger partial charge in [-0.05, 0) is 12.8 Å². The lowest BCUT2D eigenvalue weighted by Gasteiger charge is -2.15. The SMILES string of the molecule is CCCCCCCCCCCCCCCCCCCCCCCCCCCCCCCCCCCCC(=O)OC(CO)COC(=O)CCCCCCCCC. The van der Waals surface area contributed by atoms with Crippen molar-refractivity contribution in [1.82, 2.24) is 0 Å². The molecule has 1 unspecified atom stereocenters. The minimum atomic E-state index is -0.761. The van der Waals surface area contributed by atoms with Crippen molar-refractivity contribution in [2.45, 2.75) is 296 Å². The zero-order chi connectivity index (χ0) is 40.0. The third-order valence-corrected chi connectivity index (χ3v) is 11.7. The molecule has 5 nitrogen and oxygen atoms in total. The van der Waals surface area contributed by atoms with Crippen LogP contribution in [0.1, 0.15) is 290 Å². The molecule has 55 heavy (non-hydrogen) atoms. The lowest BCUT2D eigenvalue weighted by atomic mass is 10.0. The van der Waals surface area contributed by atoms with Gasteiger partial charge in [-0.15, -0.1) is 0 Å². The van der Waals surface area contributed by atoms with E-state index in [1.807, 2.05) is 0 Å². The minimum Gasteiger partial charge on any atom is -0.462 e. The van der Waals surface area contributed by atoms with E-state index in [2.05, 4.69) is 13.8 Å². The van der Waals surface area contributed by atoms with Crippen LogP contribution in [-0.4, -0.2) is 36.4 Å². The first-order chi connectivity index (χ1) is 27.1. The highest BCUT2D eigenvalue weighted by molar-refractivity contribution is 5.70. The molecule has 1 atom stereocenters. The predicted molar refractivity (Wildman–Crippen MR) is 238 cm³/mol. The molecule has 0 amide bonds. The summed E-state index contributed by atoms with van der Waals surface area (Å²) in [5.74, 6) is -0.581. The number of carbonyl (C=O) groups excluding carboxylic acids is 2. The number of rotatable bonds is 47. The Kier molecular flexibility index (Phi) is 46.3. The summed E-state index contributed by atoms with van der Waals surface area (Å²) in [5.41, 5.74) is 0. The van der Waals surface area contributed by atoms with Gasteiger partial charge in [-0.2, -0.15) is 0 Å².